The molecule has 4 aromatic rings. The summed E-state index contributed by atoms with van der Waals surface area (Å²) in [6.45, 7) is 4.04. The van der Waals surface area contributed by atoms with E-state index in [0.717, 1.165) is 27.9 Å². The smallest absolute Gasteiger partial charge is 0.237 e. The molecule has 168 valence electrons. The third-order valence-electron chi connectivity index (χ3n) is 5.06. The molecule has 0 bridgehead atoms. The molecule has 1 aromatic heterocycles. The third-order valence-corrected chi connectivity index (χ3v) is 7.37. The van der Waals surface area contributed by atoms with Crippen molar-refractivity contribution in [1.29, 1.82) is 0 Å². The average Bonchev–Trinajstić information content (AvgIpc) is 3.26. The molecular weight excluding hydrogens is 448 g/mol. The number of thioether (sulfide) groups is 2. The summed E-state index contributed by atoms with van der Waals surface area (Å²) in [4.78, 5) is 14.2. The summed E-state index contributed by atoms with van der Waals surface area (Å²) in [5, 5.41) is 12.4. The van der Waals surface area contributed by atoms with Crippen molar-refractivity contribution in [2.45, 2.75) is 41.3 Å². The number of hydrogen-bond donors (Lipinski definition) is 1. The van der Waals surface area contributed by atoms with Crippen LogP contribution in [0.25, 0.3) is 5.69 Å². The highest BCUT2D eigenvalue weighted by Gasteiger charge is 2.23. The van der Waals surface area contributed by atoms with E-state index in [1.165, 1.54) is 16.7 Å². The second-order valence-electron chi connectivity index (χ2n) is 7.54. The standard InChI is InChI=1S/C26H26N4OS2/c1-3-23(25(31)27-20-16-14-19(2)15-17-20)33-26-29-28-24(18-32-22-12-8-5-9-13-22)30(26)21-10-6-4-7-11-21/h4-17,23H,3,18H2,1-2H3,(H,27,31). The number of anilines is 1. The predicted molar refractivity (Wildman–Crippen MR) is 137 cm³/mol. The van der Waals surface area contributed by atoms with Crippen LogP contribution in [0.15, 0.2) is 95.0 Å². The minimum Gasteiger partial charge on any atom is -0.325 e. The molecule has 0 aliphatic carbocycles. The highest BCUT2D eigenvalue weighted by Crippen LogP contribution is 2.30. The summed E-state index contributed by atoms with van der Waals surface area (Å²) in [6, 6.07) is 28.2. The number of nitrogens with one attached hydrogen (secondary N) is 1. The monoisotopic (exact) mass is 474 g/mol. The van der Waals surface area contributed by atoms with Gasteiger partial charge in [-0.05, 0) is 49.7 Å². The van der Waals surface area contributed by atoms with Gasteiger partial charge in [-0.1, -0.05) is 72.8 Å². The second kappa shape index (κ2) is 11.2. The Balaban J connectivity index is 1.56. The van der Waals surface area contributed by atoms with E-state index in [0.29, 0.717) is 12.2 Å². The zero-order valence-electron chi connectivity index (χ0n) is 18.6. The Morgan fingerprint density at radius 2 is 1.61 bits per heavy atom. The molecule has 1 unspecified atom stereocenters. The minimum atomic E-state index is -0.285. The van der Waals surface area contributed by atoms with Crippen LogP contribution in [0.3, 0.4) is 0 Å². The molecule has 1 heterocycles. The van der Waals surface area contributed by atoms with Crippen molar-refractivity contribution >= 4 is 35.1 Å². The fourth-order valence-corrected chi connectivity index (χ4v) is 5.10. The molecule has 1 N–H and O–H groups in total. The van der Waals surface area contributed by atoms with Gasteiger partial charge in [-0.25, -0.2) is 0 Å². The summed E-state index contributed by atoms with van der Waals surface area (Å²) in [5.74, 6) is 1.50. The van der Waals surface area contributed by atoms with E-state index in [9.17, 15) is 4.79 Å². The fraction of sp³-hybridized carbons (Fsp3) is 0.192. The highest BCUT2D eigenvalue weighted by atomic mass is 32.2. The number of benzene rings is 3. The summed E-state index contributed by atoms with van der Waals surface area (Å²) in [7, 11) is 0. The summed E-state index contributed by atoms with van der Waals surface area (Å²) in [6.07, 6.45) is 0.679. The topological polar surface area (TPSA) is 59.8 Å². The van der Waals surface area contributed by atoms with Crippen molar-refractivity contribution in [2.75, 3.05) is 5.32 Å². The van der Waals surface area contributed by atoms with E-state index in [1.807, 2.05) is 86.6 Å². The van der Waals surface area contributed by atoms with Gasteiger partial charge < -0.3 is 5.32 Å². The zero-order chi connectivity index (χ0) is 23.0. The molecule has 1 amide bonds. The van der Waals surface area contributed by atoms with Crippen molar-refractivity contribution in [3.8, 4) is 5.69 Å². The van der Waals surface area contributed by atoms with Gasteiger partial charge in [0.25, 0.3) is 0 Å². The lowest BCUT2D eigenvalue weighted by Gasteiger charge is -2.16. The molecule has 4 rings (SSSR count). The van der Waals surface area contributed by atoms with Crippen LogP contribution in [0, 0.1) is 6.92 Å². The van der Waals surface area contributed by atoms with Gasteiger partial charge in [0.05, 0.1) is 11.0 Å². The molecule has 5 nitrogen and oxygen atoms in total. The number of carbonyl (C=O) groups is 1. The summed E-state index contributed by atoms with van der Waals surface area (Å²) < 4.78 is 2.06. The Hall–Kier alpha value is -3.03. The molecule has 7 heteroatoms. The number of carbonyl (C=O) groups excluding carboxylic acids is 1. The van der Waals surface area contributed by atoms with Gasteiger partial charge in [0.1, 0.15) is 5.82 Å². The lowest BCUT2D eigenvalue weighted by molar-refractivity contribution is -0.115. The van der Waals surface area contributed by atoms with E-state index in [-0.39, 0.29) is 11.2 Å². The quantitative estimate of drug-likeness (QED) is 0.285. The largest absolute Gasteiger partial charge is 0.325 e. The molecule has 0 radical (unpaired) electrons. The van der Waals surface area contributed by atoms with E-state index >= 15 is 0 Å². The summed E-state index contributed by atoms with van der Waals surface area (Å²) in [5.41, 5.74) is 2.95. The Bertz CT molecular complexity index is 1180. The number of aromatic nitrogens is 3. The molecule has 0 fully saturated rings. The SMILES string of the molecule is CCC(Sc1nnc(CSc2ccccc2)n1-c1ccccc1)C(=O)Nc1ccc(C)cc1. The van der Waals surface area contributed by atoms with Crippen LogP contribution in [-0.2, 0) is 10.5 Å². The summed E-state index contributed by atoms with van der Waals surface area (Å²) >= 11 is 3.17. The number of rotatable bonds is 9. The number of amides is 1. The molecule has 0 saturated carbocycles. The maximum Gasteiger partial charge on any atom is 0.237 e. The van der Waals surface area contributed by atoms with E-state index < -0.39 is 0 Å². The van der Waals surface area contributed by atoms with Gasteiger partial charge in [-0.2, -0.15) is 0 Å². The van der Waals surface area contributed by atoms with Crippen molar-refractivity contribution < 1.29 is 4.79 Å². The van der Waals surface area contributed by atoms with Gasteiger partial charge in [-0.15, -0.1) is 22.0 Å². The number of nitrogens with zero attached hydrogens (tertiary/aromatic N) is 3. The predicted octanol–water partition coefficient (Wildman–Crippen LogP) is 6.38. The Kier molecular flexibility index (Phi) is 7.86. The van der Waals surface area contributed by atoms with Crippen molar-refractivity contribution in [3.05, 3.63) is 96.3 Å². The van der Waals surface area contributed by atoms with Crippen LogP contribution in [0.1, 0.15) is 24.7 Å². The zero-order valence-corrected chi connectivity index (χ0v) is 20.3. The van der Waals surface area contributed by atoms with Gasteiger partial charge in [-0.3, -0.25) is 9.36 Å². The van der Waals surface area contributed by atoms with Crippen LogP contribution in [-0.4, -0.2) is 25.9 Å². The van der Waals surface area contributed by atoms with Crippen molar-refractivity contribution in [3.63, 3.8) is 0 Å². The Labute approximate surface area is 203 Å². The first kappa shape index (κ1) is 23.1. The Morgan fingerprint density at radius 1 is 0.939 bits per heavy atom. The van der Waals surface area contributed by atoms with Gasteiger partial charge in [0.2, 0.25) is 5.91 Å². The fourth-order valence-electron chi connectivity index (χ4n) is 3.28. The molecule has 0 aliphatic rings. The van der Waals surface area contributed by atoms with Gasteiger partial charge >= 0.3 is 0 Å². The molecular formula is C26H26N4OS2. The van der Waals surface area contributed by atoms with Crippen molar-refractivity contribution in [2.24, 2.45) is 0 Å². The van der Waals surface area contributed by atoms with Crippen LogP contribution in [0.5, 0.6) is 0 Å². The van der Waals surface area contributed by atoms with E-state index in [2.05, 4.69) is 32.2 Å². The maximum absolute atomic E-state index is 13.0. The average molecular weight is 475 g/mol. The first-order valence-corrected chi connectivity index (χ1v) is 12.7. The normalized spacial score (nSPS) is 11.8. The van der Waals surface area contributed by atoms with Crippen LogP contribution < -0.4 is 5.32 Å². The lowest BCUT2D eigenvalue weighted by atomic mass is 10.2. The molecule has 0 saturated heterocycles. The van der Waals surface area contributed by atoms with Crippen LogP contribution >= 0.6 is 23.5 Å². The molecule has 0 aliphatic heterocycles. The van der Waals surface area contributed by atoms with E-state index in [4.69, 9.17) is 0 Å². The third kappa shape index (κ3) is 6.06. The minimum absolute atomic E-state index is 0.0332. The molecule has 0 spiro atoms. The molecule has 1 atom stereocenters. The van der Waals surface area contributed by atoms with Gasteiger partial charge in [0.15, 0.2) is 5.16 Å². The van der Waals surface area contributed by atoms with Crippen LogP contribution in [0.4, 0.5) is 5.69 Å². The molecule has 3 aromatic carbocycles. The number of para-hydroxylation sites is 1. The number of aryl methyl sites for hydroxylation is 1. The highest BCUT2D eigenvalue weighted by molar-refractivity contribution is 8.00. The van der Waals surface area contributed by atoms with Crippen molar-refractivity contribution in [1.82, 2.24) is 14.8 Å². The first-order valence-electron chi connectivity index (χ1n) is 10.9. The first-order chi connectivity index (χ1) is 16.1. The second-order valence-corrected chi connectivity index (χ2v) is 9.76. The van der Waals surface area contributed by atoms with E-state index in [1.54, 1.807) is 11.8 Å². The van der Waals surface area contributed by atoms with Crippen LogP contribution in [0.2, 0.25) is 0 Å². The molecule has 33 heavy (non-hydrogen) atoms. The maximum atomic E-state index is 13.0. The Morgan fingerprint density at radius 3 is 2.27 bits per heavy atom. The number of hydrogen-bond acceptors (Lipinski definition) is 5. The van der Waals surface area contributed by atoms with Gasteiger partial charge in [0, 0.05) is 16.3 Å². The lowest BCUT2D eigenvalue weighted by Crippen LogP contribution is -2.25.